The number of benzene rings is 2. The van der Waals surface area contributed by atoms with E-state index in [2.05, 4.69) is 31.2 Å². The molecule has 63 heavy (non-hydrogen) atoms. The van der Waals surface area contributed by atoms with Crippen LogP contribution in [0.5, 0.6) is 0 Å². The van der Waals surface area contributed by atoms with E-state index >= 15 is 0 Å². The van der Waals surface area contributed by atoms with Gasteiger partial charge in [0.05, 0.1) is 35.4 Å². The number of hydrogen-bond acceptors (Lipinski definition) is 8. The average Bonchev–Trinajstić information content (AvgIpc) is 3.93. The fourth-order valence-corrected chi connectivity index (χ4v) is 7.77. The number of nitrogens with zero attached hydrogens (tertiary/aromatic N) is 2. The smallest absolute Gasteiger partial charge is 0.256 e. The third kappa shape index (κ3) is 9.92. The van der Waals surface area contributed by atoms with Crippen molar-refractivity contribution in [3.05, 3.63) is 104 Å². The topological polar surface area (TPSA) is 229 Å². The number of likely N-dealkylation sites (tertiary alicyclic amines) is 1. The number of piperidine rings is 1. The van der Waals surface area contributed by atoms with Crippen molar-refractivity contribution in [3.8, 4) is 0 Å². The second kappa shape index (κ2) is 19.0. The lowest BCUT2D eigenvalue weighted by Crippen LogP contribution is -2.46. The Morgan fingerprint density at radius 2 is 1.14 bits per heavy atom. The van der Waals surface area contributed by atoms with Crippen LogP contribution in [0.4, 0.5) is 20.2 Å². The van der Waals surface area contributed by atoms with Gasteiger partial charge in [-0.25, -0.2) is 8.78 Å². The lowest BCUT2D eigenvalue weighted by Gasteiger charge is -2.28. The van der Waals surface area contributed by atoms with Gasteiger partial charge in [-0.05, 0) is 107 Å². The van der Waals surface area contributed by atoms with Gasteiger partial charge in [-0.15, -0.1) is 0 Å². The van der Waals surface area contributed by atoms with E-state index in [-0.39, 0.29) is 36.4 Å². The molecule has 3 aliphatic heterocycles. The number of amides is 6. The minimum Gasteiger partial charge on any atom is -0.381 e. The molecule has 1 fully saturated rings. The fourth-order valence-electron chi connectivity index (χ4n) is 7.77. The minimum absolute atomic E-state index is 0.191. The summed E-state index contributed by atoms with van der Waals surface area (Å²) in [6.07, 6.45) is 3.42. The molecule has 2 atom stereocenters. The van der Waals surface area contributed by atoms with Gasteiger partial charge in [0, 0.05) is 72.5 Å². The Morgan fingerprint density at radius 1 is 0.714 bits per heavy atom. The van der Waals surface area contributed by atoms with E-state index in [0.29, 0.717) is 86.2 Å². The third-order valence-corrected chi connectivity index (χ3v) is 11.1. The highest BCUT2D eigenvalue weighted by Gasteiger charge is 2.29. The number of hydrogen-bond donors (Lipinski definition) is 8. The zero-order valence-electron chi connectivity index (χ0n) is 35.7. The summed E-state index contributed by atoms with van der Waals surface area (Å²) in [5, 5.41) is 30.7. The van der Waals surface area contributed by atoms with Gasteiger partial charge < -0.3 is 51.2 Å². The zero-order valence-corrected chi connectivity index (χ0v) is 35.7. The molecule has 5 heterocycles. The van der Waals surface area contributed by atoms with E-state index in [1.807, 2.05) is 0 Å². The standard InChI is InChI=1S/C24H27FN4O4.C21H23FN4O4/c1-13-19(11-17-16-10-15(25)6-7-18(16)28-22(17)31)27-14(2)21(13)23(32)26-12-20(30)24(33)29-8-4-3-5-9-29;1-10-16(8-14-13-7-12(22)5-6-15(13)25-19(14)28)24-11(2)18(10)20(29)23-9-17(27)21(30)26(3)4/h6-7,10-11,20,27,30H,3-5,8-9,12H2,1-2H3,(H,26,32)(H,28,31);5-8,17,24,27H,9H2,1-4H3,(H,23,29)(H,25,28)/b17-11-;14-8-/t20-;17-/m00/s1. The number of aryl methyl sites for hydroxylation is 2. The Labute approximate surface area is 361 Å². The van der Waals surface area contributed by atoms with Crippen LogP contribution < -0.4 is 21.3 Å². The van der Waals surface area contributed by atoms with Crippen molar-refractivity contribution < 1.29 is 47.8 Å². The summed E-state index contributed by atoms with van der Waals surface area (Å²) in [4.78, 5) is 83.3. The fraction of sp³-hybridized carbons (Fsp3) is 0.333. The molecule has 0 aliphatic carbocycles. The molecule has 1 saturated heterocycles. The number of carbonyl (C=O) groups excluding carboxylic acids is 6. The van der Waals surface area contributed by atoms with Crippen molar-refractivity contribution in [3.63, 3.8) is 0 Å². The van der Waals surface area contributed by atoms with Crippen LogP contribution in [-0.4, -0.2) is 118 Å². The van der Waals surface area contributed by atoms with E-state index in [4.69, 9.17) is 0 Å². The number of carbonyl (C=O) groups is 6. The number of halogens is 2. The number of anilines is 2. The maximum atomic E-state index is 13.7. The summed E-state index contributed by atoms with van der Waals surface area (Å²) in [6, 6.07) is 8.11. The summed E-state index contributed by atoms with van der Waals surface area (Å²) in [7, 11) is 3.02. The first-order valence-corrected chi connectivity index (χ1v) is 20.3. The maximum absolute atomic E-state index is 13.7. The van der Waals surface area contributed by atoms with Crippen LogP contribution in [0.3, 0.4) is 0 Å². The number of likely N-dealkylation sites (N-methyl/N-ethyl adjacent to an activating group) is 1. The highest BCUT2D eigenvalue weighted by atomic mass is 19.1. The van der Waals surface area contributed by atoms with Crippen LogP contribution in [0.1, 0.15) is 85.0 Å². The largest absolute Gasteiger partial charge is 0.381 e. The summed E-state index contributed by atoms with van der Waals surface area (Å²) in [6.45, 7) is 7.70. The van der Waals surface area contributed by atoms with Crippen molar-refractivity contribution in [2.75, 3.05) is 50.9 Å². The molecule has 3 aliphatic rings. The molecule has 0 radical (unpaired) electrons. The second-order valence-electron chi connectivity index (χ2n) is 15.8. The first-order chi connectivity index (χ1) is 29.9. The van der Waals surface area contributed by atoms with Crippen molar-refractivity contribution >= 4 is 70.1 Å². The molecule has 0 bridgehead atoms. The van der Waals surface area contributed by atoms with Crippen molar-refractivity contribution in [1.82, 2.24) is 30.4 Å². The molecule has 6 amide bonds. The summed E-state index contributed by atoms with van der Waals surface area (Å²) < 4.78 is 27.3. The monoisotopic (exact) mass is 868 g/mol. The second-order valence-corrected chi connectivity index (χ2v) is 15.8. The lowest BCUT2D eigenvalue weighted by molar-refractivity contribution is -0.140. The number of rotatable bonds is 10. The molecule has 0 spiro atoms. The third-order valence-electron chi connectivity index (χ3n) is 11.1. The predicted octanol–water partition coefficient (Wildman–Crippen LogP) is 3.81. The van der Waals surface area contributed by atoms with Crippen molar-refractivity contribution in [2.45, 2.75) is 59.2 Å². The van der Waals surface area contributed by atoms with E-state index in [9.17, 15) is 47.8 Å². The van der Waals surface area contributed by atoms with Gasteiger partial charge in [-0.2, -0.15) is 0 Å². The van der Waals surface area contributed by atoms with Crippen molar-refractivity contribution in [1.29, 1.82) is 0 Å². The Hall–Kier alpha value is -6.92. The summed E-state index contributed by atoms with van der Waals surface area (Å²) >= 11 is 0. The normalized spacial score (nSPS) is 16.4. The molecule has 2 aromatic heterocycles. The van der Waals surface area contributed by atoms with Gasteiger partial charge in [0.25, 0.3) is 35.4 Å². The van der Waals surface area contributed by atoms with Gasteiger partial charge in [-0.1, -0.05) is 0 Å². The number of aromatic nitrogens is 2. The van der Waals surface area contributed by atoms with Crippen LogP contribution in [-0.2, 0) is 19.2 Å². The number of H-pyrrole nitrogens is 2. The van der Waals surface area contributed by atoms with Gasteiger partial charge in [0.1, 0.15) is 23.8 Å². The quantitative estimate of drug-likeness (QED) is 0.109. The molecular weight excluding hydrogens is 819 g/mol. The molecule has 0 saturated carbocycles. The average molecular weight is 869 g/mol. The maximum Gasteiger partial charge on any atom is 0.256 e. The summed E-state index contributed by atoms with van der Waals surface area (Å²) in [5.41, 5.74) is 6.66. The van der Waals surface area contributed by atoms with E-state index in [1.54, 1.807) is 44.7 Å². The Bertz CT molecular complexity index is 2570. The van der Waals surface area contributed by atoms with Crippen molar-refractivity contribution in [2.24, 2.45) is 0 Å². The van der Waals surface area contributed by atoms with E-state index < -0.39 is 41.6 Å². The molecule has 8 N–H and O–H groups in total. The van der Waals surface area contributed by atoms with Crippen LogP contribution in [0.15, 0.2) is 36.4 Å². The number of aliphatic hydroxyl groups excluding tert-OH is 2. The summed E-state index contributed by atoms with van der Waals surface area (Å²) in [5.74, 6) is -3.40. The van der Waals surface area contributed by atoms with Crippen LogP contribution in [0, 0.1) is 39.3 Å². The number of nitrogens with one attached hydrogen (secondary N) is 6. The first kappa shape index (κ1) is 45.6. The zero-order chi connectivity index (χ0) is 45.9. The molecule has 332 valence electrons. The van der Waals surface area contributed by atoms with Gasteiger partial charge in [-0.3, -0.25) is 28.8 Å². The highest BCUT2D eigenvalue weighted by Crippen LogP contribution is 2.36. The van der Waals surface area contributed by atoms with Crippen LogP contribution >= 0.6 is 0 Å². The van der Waals surface area contributed by atoms with Crippen LogP contribution in [0.2, 0.25) is 0 Å². The van der Waals surface area contributed by atoms with Crippen LogP contribution in [0.25, 0.3) is 23.3 Å². The Kier molecular flexibility index (Phi) is 13.8. The lowest BCUT2D eigenvalue weighted by atomic mass is 10.0. The molecule has 18 heteroatoms. The predicted molar refractivity (Wildman–Crippen MR) is 232 cm³/mol. The molecule has 0 unspecified atom stereocenters. The minimum atomic E-state index is -1.35. The molecular formula is C45H50F2N8O8. The molecule has 4 aromatic rings. The molecule has 16 nitrogen and oxygen atoms in total. The Balaban J connectivity index is 0.000000211. The van der Waals surface area contributed by atoms with Gasteiger partial charge >= 0.3 is 0 Å². The first-order valence-electron chi connectivity index (χ1n) is 20.3. The van der Waals surface area contributed by atoms with Gasteiger partial charge in [0.2, 0.25) is 0 Å². The highest BCUT2D eigenvalue weighted by molar-refractivity contribution is 6.35. The molecule has 2 aromatic carbocycles. The molecule has 7 rings (SSSR count). The van der Waals surface area contributed by atoms with E-state index in [0.717, 1.165) is 19.3 Å². The van der Waals surface area contributed by atoms with E-state index in [1.165, 1.54) is 55.4 Å². The SMILES string of the molecule is Cc1[nH]c(/C=C2\C(=O)Nc3ccc(F)cc32)c(C)c1C(=O)NC[C@H](O)C(=O)N(C)C.Cc1[nH]c(/C=C2\C(=O)Nc3ccc(F)cc32)c(C)c1C(=O)NC[C@H](O)C(=O)N1CCCCC1. The number of aliphatic hydroxyl groups is 2. The van der Waals surface area contributed by atoms with Gasteiger partial charge in [0.15, 0.2) is 0 Å². The Morgan fingerprint density at radius 3 is 1.57 bits per heavy atom. The number of fused-ring (bicyclic) bond motifs is 2. The number of aromatic amines is 2.